The van der Waals surface area contributed by atoms with Crippen LogP contribution in [-0.4, -0.2) is 61.1 Å². The van der Waals surface area contributed by atoms with E-state index in [0.717, 1.165) is 44.0 Å². The first-order chi connectivity index (χ1) is 16.9. The number of hydrogen-bond acceptors (Lipinski definition) is 6. The highest BCUT2D eigenvalue weighted by Gasteiger charge is 2.24. The summed E-state index contributed by atoms with van der Waals surface area (Å²) in [6.07, 6.45) is 1.54. The molecule has 1 aromatic heterocycles. The smallest absolute Gasteiger partial charge is 0.342 e. The summed E-state index contributed by atoms with van der Waals surface area (Å²) >= 11 is 0. The molecule has 0 unspecified atom stereocenters. The fourth-order valence-corrected chi connectivity index (χ4v) is 4.22. The number of amides is 1. The first-order valence-electron chi connectivity index (χ1n) is 12.0. The normalized spacial score (nSPS) is 14.1. The molecular formula is C28H32N4O3. The van der Waals surface area contributed by atoms with Crippen LogP contribution in [0, 0.1) is 0 Å². The molecule has 182 valence electrons. The topological polar surface area (TPSA) is 66.0 Å². The van der Waals surface area contributed by atoms with Crippen LogP contribution in [-0.2, 0) is 11.3 Å². The molecule has 0 N–H and O–H groups in total. The number of piperazine rings is 1. The van der Waals surface area contributed by atoms with Crippen LogP contribution in [0.3, 0.4) is 0 Å². The number of ether oxygens (including phenoxy) is 1. The van der Waals surface area contributed by atoms with Crippen LogP contribution in [0.4, 0.5) is 11.5 Å². The number of hydrogen-bond donors (Lipinski definition) is 0. The second-order valence-electron chi connectivity index (χ2n) is 8.99. The lowest BCUT2D eigenvalue weighted by Crippen LogP contribution is -2.46. The van der Waals surface area contributed by atoms with E-state index >= 15 is 0 Å². The Bertz CT molecular complexity index is 1160. The van der Waals surface area contributed by atoms with Crippen LogP contribution in [0.15, 0.2) is 72.9 Å². The van der Waals surface area contributed by atoms with Crippen LogP contribution in [0.2, 0.25) is 0 Å². The van der Waals surface area contributed by atoms with Gasteiger partial charge in [-0.25, -0.2) is 9.78 Å². The van der Waals surface area contributed by atoms with E-state index in [4.69, 9.17) is 4.74 Å². The zero-order chi connectivity index (χ0) is 24.8. The van der Waals surface area contributed by atoms with E-state index in [0.29, 0.717) is 16.9 Å². The van der Waals surface area contributed by atoms with Gasteiger partial charge in [0.05, 0.1) is 6.10 Å². The fourth-order valence-electron chi connectivity index (χ4n) is 4.22. The Kier molecular flexibility index (Phi) is 7.77. The molecule has 1 fully saturated rings. The van der Waals surface area contributed by atoms with Gasteiger partial charge >= 0.3 is 5.97 Å². The SMILES string of the molecule is CC(C)OC(=O)c1cccnc1N1CCN(Cc2cccc(N(C)C(=O)c3ccccc3)c2)CC1. The van der Waals surface area contributed by atoms with Gasteiger partial charge < -0.3 is 14.5 Å². The molecule has 1 aliphatic rings. The monoisotopic (exact) mass is 472 g/mol. The van der Waals surface area contributed by atoms with Gasteiger partial charge in [0.2, 0.25) is 0 Å². The third-order valence-electron chi connectivity index (χ3n) is 6.05. The minimum absolute atomic E-state index is 0.0291. The summed E-state index contributed by atoms with van der Waals surface area (Å²) in [6, 6.07) is 21.0. The minimum Gasteiger partial charge on any atom is -0.459 e. The first kappa shape index (κ1) is 24.4. The van der Waals surface area contributed by atoms with Crippen LogP contribution in [0.25, 0.3) is 0 Å². The maximum absolute atomic E-state index is 12.8. The van der Waals surface area contributed by atoms with Crippen molar-refractivity contribution in [2.75, 3.05) is 43.0 Å². The van der Waals surface area contributed by atoms with E-state index in [1.54, 1.807) is 23.2 Å². The van der Waals surface area contributed by atoms with Gasteiger partial charge in [-0.1, -0.05) is 30.3 Å². The number of aromatic nitrogens is 1. The third kappa shape index (κ3) is 6.05. The molecule has 0 atom stereocenters. The molecule has 1 saturated heterocycles. The summed E-state index contributed by atoms with van der Waals surface area (Å²) in [5.41, 5.74) is 3.20. The molecule has 0 spiro atoms. The van der Waals surface area contributed by atoms with E-state index in [2.05, 4.69) is 26.9 Å². The lowest BCUT2D eigenvalue weighted by molar-refractivity contribution is 0.0378. The van der Waals surface area contributed by atoms with Crippen LogP contribution in [0.5, 0.6) is 0 Å². The van der Waals surface area contributed by atoms with Crippen molar-refractivity contribution >= 4 is 23.4 Å². The molecule has 4 rings (SSSR count). The van der Waals surface area contributed by atoms with Crippen LogP contribution >= 0.6 is 0 Å². The van der Waals surface area contributed by atoms with Gasteiger partial charge in [-0.3, -0.25) is 9.69 Å². The van der Waals surface area contributed by atoms with Gasteiger partial charge in [-0.2, -0.15) is 0 Å². The Morgan fingerprint density at radius 2 is 1.71 bits per heavy atom. The maximum Gasteiger partial charge on any atom is 0.342 e. The number of nitrogens with zero attached hydrogens (tertiary/aromatic N) is 4. The number of pyridine rings is 1. The number of carbonyl (C=O) groups is 2. The minimum atomic E-state index is -0.337. The Balaban J connectivity index is 1.38. The van der Waals surface area contributed by atoms with Crippen molar-refractivity contribution in [2.45, 2.75) is 26.5 Å². The van der Waals surface area contributed by atoms with Crippen molar-refractivity contribution in [3.8, 4) is 0 Å². The average molecular weight is 473 g/mol. The zero-order valence-corrected chi connectivity index (χ0v) is 20.6. The summed E-state index contributed by atoms with van der Waals surface area (Å²) in [4.78, 5) is 36.0. The molecule has 2 aromatic carbocycles. The van der Waals surface area contributed by atoms with Crippen molar-refractivity contribution in [3.63, 3.8) is 0 Å². The van der Waals surface area contributed by atoms with Gasteiger partial charge in [-0.05, 0) is 55.8 Å². The van der Waals surface area contributed by atoms with Crippen molar-refractivity contribution in [1.29, 1.82) is 0 Å². The highest BCUT2D eigenvalue weighted by molar-refractivity contribution is 6.05. The molecule has 0 bridgehead atoms. The number of anilines is 2. The van der Waals surface area contributed by atoms with Crippen molar-refractivity contribution in [3.05, 3.63) is 89.6 Å². The maximum atomic E-state index is 12.8. The largest absolute Gasteiger partial charge is 0.459 e. The fraction of sp³-hybridized carbons (Fsp3) is 0.321. The molecule has 1 aliphatic heterocycles. The number of carbonyl (C=O) groups excluding carboxylic acids is 2. The van der Waals surface area contributed by atoms with E-state index in [9.17, 15) is 9.59 Å². The summed E-state index contributed by atoms with van der Waals surface area (Å²) in [7, 11) is 1.81. The second-order valence-corrected chi connectivity index (χ2v) is 8.99. The summed E-state index contributed by atoms with van der Waals surface area (Å²) in [6.45, 7) is 7.71. The highest BCUT2D eigenvalue weighted by atomic mass is 16.5. The van der Waals surface area contributed by atoms with Crippen LogP contribution < -0.4 is 9.80 Å². The number of rotatable bonds is 7. The zero-order valence-electron chi connectivity index (χ0n) is 20.6. The number of benzene rings is 2. The van der Waals surface area contributed by atoms with Gasteiger partial charge in [0.25, 0.3) is 5.91 Å². The molecule has 0 aliphatic carbocycles. The Labute approximate surface area is 206 Å². The molecule has 2 heterocycles. The molecule has 3 aromatic rings. The summed E-state index contributed by atoms with van der Waals surface area (Å²) in [5, 5.41) is 0. The lowest BCUT2D eigenvalue weighted by Gasteiger charge is -2.36. The standard InChI is InChI=1S/C28H32N4O3/c1-21(2)35-28(34)25-13-8-14-29-26(25)32-17-15-31(16-18-32)20-22-9-7-12-24(19-22)30(3)27(33)23-10-5-4-6-11-23/h4-14,19,21H,15-18,20H2,1-3H3. The molecule has 7 nitrogen and oxygen atoms in total. The molecular weight excluding hydrogens is 440 g/mol. The average Bonchev–Trinajstić information content (AvgIpc) is 2.88. The van der Waals surface area contributed by atoms with E-state index in [-0.39, 0.29) is 18.0 Å². The molecule has 1 amide bonds. The quantitative estimate of drug-likeness (QED) is 0.479. The third-order valence-corrected chi connectivity index (χ3v) is 6.05. The van der Waals surface area contributed by atoms with E-state index in [1.807, 2.05) is 63.4 Å². The summed E-state index contributed by atoms with van der Waals surface area (Å²) < 4.78 is 5.40. The first-order valence-corrected chi connectivity index (χ1v) is 12.0. The van der Waals surface area contributed by atoms with Crippen molar-refractivity contribution in [2.24, 2.45) is 0 Å². The molecule has 0 saturated carbocycles. The van der Waals surface area contributed by atoms with E-state index < -0.39 is 0 Å². The lowest BCUT2D eigenvalue weighted by atomic mass is 10.1. The van der Waals surface area contributed by atoms with Gasteiger partial charge in [0.15, 0.2) is 0 Å². The highest BCUT2D eigenvalue weighted by Crippen LogP contribution is 2.22. The number of esters is 1. The van der Waals surface area contributed by atoms with Crippen molar-refractivity contribution < 1.29 is 14.3 Å². The van der Waals surface area contributed by atoms with Gasteiger partial charge in [-0.15, -0.1) is 0 Å². The molecule has 7 heteroatoms. The van der Waals surface area contributed by atoms with Gasteiger partial charge in [0.1, 0.15) is 11.4 Å². The Hall–Kier alpha value is -3.71. The Morgan fingerprint density at radius 3 is 2.43 bits per heavy atom. The predicted octanol–water partition coefficient (Wildman–Crippen LogP) is 4.25. The Morgan fingerprint density at radius 1 is 0.971 bits per heavy atom. The van der Waals surface area contributed by atoms with Crippen molar-refractivity contribution in [1.82, 2.24) is 9.88 Å². The summed E-state index contributed by atoms with van der Waals surface area (Å²) in [5.74, 6) is 0.316. The van der Waals surface area contributed by atoms with Gasteiger partial charge in [0, 0.05) is 57.2 Å². The molecule has 0 radical (unpaired) electrons. The van der Waals surface area contributed by atoms with E-state index in [1.165, 1.54) is 0 Å². The van der Waals surface area contributed by atoms with Crippen LogP contribution in [0.1, 0.15) is 40.1 Å². The molecule has 35 heavy (non-hydrogen) atoms. The predicted molar refractivity (Wildman–Crippen MR) is 138 cm³/mol. The second kappa shape index (κ2) is 11.1.